The molecule has 34 heavy (non-hydrogen) atoms. The van der Waals surface area contributed by atoms with Crippen LogP contribution < -0.4 is 22.1 Å². The molecule has 3 rings (SSSR count). The van der Waals surface area contributed by atoms with Gasteiger partial charge in [0, 0.05) is 36.2 Å². The summed E-state index contributed by atoms with van der Waals surface area (Å²) in [6.07, 6.45) is -1.83. The smallest absolute Gasteiger partial charge is 0.281 e. The van der Waals surface area contributed by atoms with Crippen LogP contribution >= 0.6 is 0 Å². The predicted molar refractivity (Wildman–Crippen MR) is 130 cm³/mol. The fraction of sp³-hybridized carbons (Fsp3) is 0.292. The lowest BCUT2D eigenvalue weighted by Gasteiger charge is -2.10. The van der Waals surface area contributed by atoms with Crippen LogP contribution in [-0.2, 0) is 0 Å². The zero-order valence-corrected chi connectivity index (χ0v) is 18.8. The molecule has 0 saturated heterocycles. The number of pyridine rings is 1. The van der Waals surface area contributed by atoms with Crippen molar-refractivity contribution >= 4 is 22.8 Å². The number of nitrogens with zero attached hydrogens (tertiary/aromatic N) is 2. The van der Waals surface area contributed by atoms with Crippen molar-refractivity contribution in [2.75, 3.05) is 30.3 Å². The SMILES string of the molecule is C=C(CN)CCCNc1cccc2nc(C(F)F)cn12.C=C(N)c1ccccc1NCC(F)F. The van der Waals surface area contributed by atoms with E-state index < -0.39 is 12.9 Å². The van der Waals surface area contributed by atoms with E-state index in [-0.39, 0.29) is 12.2 Å². The fourth-order valence-corrected chi connectivity index (χ4v) is 3.04. The van der Waals surface area contributed by atoms with Gasteiger partial charge in [0.1, 0.15) is 17.2 Å². The number of alkyl halides is 4. The summed E-state index contributed by atoms with van der Waals surface area (Å²) >= 11 is 0. The van der Waals surface area contributed by atoms with E-state index in [0.717, 1.165) is 30.8 Å². The Morgan fingerprint density at radius 3 is 2.41 bits per heavy atom. The van der Waals surface area contributed by atoms with Crippen LogP contribution in [-0.4, -0.2) is 35.4 Å². The second-order valence-electron chi connectivity index (χ2n) is 7.43. The first-order chi connectivity index (χ1) is 16.2. The maximum Gasteiger partial charge on any atom is 0.281 e. The number of anilines is 2. The predicted octanol–water partition coefficient (Wildman–Crippen LogP) is 5.27. The average Bonchev–Trinajstić information content (AvgIpc) is 3.26. The van der Waals surface area contributed by atoms with Gasteiger partial charge in [-0.3, -0.25) is 4.40 Å². The number of hydrogen-bond donors (Lipinski definition) is 4. The van der Waals surface area contributed by atoms with E-state index in [1.54, 1.807) is 40.8 Å². The molecule has 6 N–H and O–H groups in total. The Morgan fingerprint density at radius 2 is 1.76 bits per heavy atom. The highest BCUT2D eigenvalue weighted by Gasteiger charge is 2.13. The topological polar surface area (TPSA) is 93.4 Å². The van der Waals surface area contributed by atoms with Crippen molar-refractivity contribution in [3.63, 3.8) is 0 Å². The molecule has 2 aromatic heterocycles. The fourth-order valence-electron chi connectivity index (χ4n) is 3.04. The van der Waals surface area contributed by atoms with Gasteiger partial charge in [-0.2, -0.15) is 0 Å². The maximum absolute atomic E-state index is 12.7. The van der Waals surface area contributed by atoms with E-state index in [1.165, 1.54) is 6.20 Å². The monoisotopic (exact) mass is 478 g/mol. The van der Waals surface area contributed by atoms with Crippen molar-refractivity contribution in [2.24, 2.45) is 11.5 Å². The van der Waals surface area contributed by atoms with Gasteiger partial charge in [0.15, 0.2) is 0 Å². The normalized spacial score (nSPS) is 10.8. The molecule has 0 aliphatic carbocycles. The standard InChI is InChI=1S/C14H18F2N4.C10H12F2N2/c1-10(8-17)4-3-7-18-12-5-2-6-13-19-11(14(15)16)9-20(12)13;1-7(13)8-4-2-3-5-9(8)14-6-10(11)12/h2,5-6,9,14,18H,1,3-4,7-8,17H2;2-5,10,14H,1,6,13H2. The molecule has 6 nitrogen and oxygen atoms in total. The molecule has 0 unspecified atom stereocenters. The summed E-state index contributed by atoms with van der Waals surface area (Å²) in [7, 11) is 0. The molecule has 0 aliphatic rings. The van der Waals surface area contributed by atoms with Crippen LogP contribution in [0.5, 0.6) is 0 Å². The van der Waals surface area contributed by atoms with Crippen LogP contribution in [0.3, 0.4) is 0 Å². The summed E-state index contributed by atoms with van der Waals surface area (Å²) in [6, 6.07) is 12.3. The lowest BCUT2D eigenvalue weighted by atomic mass is 10.1. The summed E-state index contributed by atoms with van der Waals surface area (Å²) in [5.41, 5.74) is 13.9. The number of fused-ring (bicyclic) bond motifs is 1. The van der Waals surface area contributed by atoms with Crippen molar-refractivity contribution < 1.29 is 17.6 Å². The minimum absolute atomic E-state index is 0.212. The third-order valence-electron chi connectivity index (χ3n) is 4.76. The molecule has 0 aliphatic heterocycles. The van der Waals surface area contributed by atoms with Gasteiger partial charge in [-0.25, -0.2) is 22.5 Å². The van der Waals surface area contributed by atoms with Crippen LogP contribution in [0.25, 0.3) is 11.3 Å². The highest BCUT2D eigenvalue weighted by Crippen LogP contribution is 2.21. The van der Waals surface area contributed by atoms with Gasteiger partial charge in [-0.05, 0) is 31.0 Å². The lowest BCUT2D eigenvalue weighted by Crippen LogP contribution is -2.12. The summed E-state index contributed by atoms with van der Waals surface area (Å²) in [6.45, 7) is 8.24. The summed E-state index contributed by atoms with van der Waals surface area (Å²) in [5, 5.41) is 5.82. The van der Waals surface area contributed by atoms with E-state index in [1.807, 2.05) is 6.07 Å². The Kier molecular flexibility index (Phi) is 10.4. The van der Waals surface area contributed by atoms with Gasteiger partial charge >= 0.3 is 0 Å². The Labute approximate surface area is 196 Å². The van der Waals surface area contributed by atoms with Crippen LogP contribution in [0.4, 0.5) is 29.1 Å². The molecule has 0 radical (unpaired) electrons. The second kappa shape index (κ2) is 13.2. The van der Waals surface area contributed by atoms with E-state index in [9.17, 15) is 17.6 Å². The Morgan fingerprint density at radius 1 is 1.03 bits per heavy atom. The molecule has 184 valence electrons. The third-order valence-corrected chi connectivity index (χ3v) is 4.76. The molecule has 0 amide bonds. The number of halogens is 4. The quantitative estimate of drug-likeness (QED) is 0.171. The maximum atomic E-state index is 12.7. The zero-order valence-electron chi connectivity index (χ0n) is 18.8. The molecule has 0 saturated carbocycles. The molecule has 10 heteroatoms. The number of para-hydroxylation sites is 1. The number of imidazole rings is 1. The van der Waals surface area contributed by atoms with Crippen molar-refractivity contribution in [1.29, 1.82) is 0 Å². The zero-order chi connectivity index (χ0) is 25.1. The molecule has 0 fully saturated rings. The molecule has 0 atom stereocenters. The minimum atomic E-state index is -2.56. The Bertz CT molecular complexity index is 1080. The summed E-state index contributed by atoms with van der Waals surface area (Å²) in [4.78, 5) is 3.88. The first-order valence-electron chi connectivity index (χ1n) is 10.7. The van der Waals surface area contributed by atoms with E-state index in [4.69, 9.17) is 11.5 Å². The van der Waals surface area contributed by atoms with Crippen molar-refractivity contribution in [1.82, 2.24) is 9.38 Å². The first-order valence-corrected chi connectivity index (χ1v) is 10.7. The van der Waals surface area contributed by atoms with Crippen molar-refractivity contribution in [3.05, 3.63) is 78.6 Å². The van der Waals surface area contributed by atoms with Crippen LogP contribution in [0, 0.1) is 0 Å². The molecule has 1 aromatic carbocycles. The van der Waals surface area contributed by atoms with Gasteiger partial charge in [-0.1, -0.05) is 43.0 Å². The van der Waals surface area contributed by atoms with E-state index in [0.29, 0.717) is 29.1 Å². The largest absolute Gasteiger partial charge is 0.399 e. The van der Waals surface area contributed by atoms with Crippen LogP contribution in [0.15, 0.2) is 67.4 Å². The van der Waals surface area contributed by atoms with Gasteiger partial charge in [-0.15, -0.1) is 0 Å². The van der Waals surface area contributed by atoms with Gasteiger partial charge in [0.2, 0.25) is 0 Å². The Hall–Kier alpha value is -3.53. The van der Waals surface area contributed by atoms with E-state index in [2.05, 4.69) is 28.8 Å². The second-order valence-corrected chi connectivity index (χ2v) is 7.43. The molecule has 0 bridgehead atoms. The number of nitrogens with one attached hydrogen (secondary N) is 2. The van der Waals surface area contributed by atoms with Gasteiger partial charge in [0.05, 0.1) is 6.54 Å². The molecule has 0 spiro atoms. The third kappa shape index (κ3) is 8.11. The van der Waals surface area contributed by atoms with Crippen molar-refractivity contribution in [3.8, 4) is 0 Å². The number of hydrogen-bond acceptors (Lipinski definition) is 5. The van der Waals surface area contributed by atoms with Crippen LogP contribution in [0.1, 0.15) is 30.5 Å². The number of nitrogens with two attached hydrogens (primary N) is 2. The van der Waals surface area contributed by atoms with Gasteiger partial charge < -0.3 is 22.1 Å². The van der Waals surface area contributed by atoms with Gasteiger partial charge in [0.25, 0.3) is 12.9 Å². The molecular formula is C24H30F4N6. The van der Waals surface area contributed by atoms with Crippen LogP contribution in [0.2, 0.25) is 0 Å². The van der Waals surface area contributed by atoms with E-state index >= 15 is 0 Å². The highest BCUT2D eigenvalue weighted by molar-refractivity contribution is 5.73. The lowest BCUT2D eigenvalue weighted by molar-refractivity contribution is 0.147. The Balaban J connectivity index is 0.000000257. The molecule has 2 heterocycles. The summed E-state index contributed by atoms with van der Waals surface area (Å²) < 4.78 is 50.8. The molecular weight excluding hydrogens is 448 g/mol. The summed E-state index contributed by atoms with van der Waals surface area (Å²) in [5.74, 6) is 0.750. The highest BCUT2D eigenvalue weighted by atomic mass is 19.3. The number of benzene rings is 1. The van der Waals surface area contributed by atoms with Crippen molar-refractivity contribution in [2.45, 2.75) is 25.7 Å². The molecule has 3 aromatic rings. The number of aromatic nitrogens is 2. The average molecular weight is 479 g/mol. The first kappa shape index (κ1) is 26.7. The number of rotatable bonds is 11. The minimum Gasteiger partial charge on any atom is -0.399 e.